The summed E-state index contributed by atoms with van der Waals surface area (Å²) in [6.45, 7) is 2.22. The highest BCUT2D eigenvalue weighted by molar-refractivity contribution is 6.00. The van der Waals surface area contributed by atoms with Gasteiger partial charge in [0.15, 0.2) is 0 Å². The van der Waals surface area contributed by atoms with Crippen LogP contribution in [0, 0.1) is 0 Å². The largest absolute Gasteiger partial charge is 0.507 e. The third-order valence-corrected chi connectivity index (χ3v) is 4.63. The van der Waals surface area contributed by atoms with Crippen molar-refractivity contribution in [2.45, 2.75) is 64.7 Å². The molecule has 0 saturated carbocycles. The molecule has 0 aliphatic heterocycles. The lowest BCUT2D eigenvalue weighted by Gasteiger charge is -2.12. The highest BCUT2D eigenvalue weighted by Crippen LogP contribution is 2.31. The van der Waals surface area contributed by atoms with Crippen LogP contribution in [-0.4, -0.2) is 16.2 Å². The van der Waals surface area contributed by atoms with E-state index in [1.165, 1.54) is 38.5 Å². The van der Waals surface area contributed by atoms with Gasteiger partial charge < -0.3 is 10.2 Å². The Morgan fingerprint density at radius 1 is 0.958 bits per heavy atom. The standard InChI is InChI=1S/C21H28O3/c1-2-3-4-5-6-7-8-9-14-18-17-13-11-10-12-16(17)15-19(22)20(18)21(23)24/h10-13,15,22H,2-9,14H2,1H3,(H,23,24). The molecule has 0 saturated heterocycles. The van der Waals surface area contributed by atoms with Gasteiger partial charge in [-0.3, -0.25) is 0 Å². The molecule has 0 atom stereocenters. The van der Waals surface area contributed by atoms with Gasteiger partial charge in [-0.2, -0.15) is 0 Å². The molecular weight excluding hydrogens is 300 g/mol. The summed E-state index contributed by atoms with van der Waals surface area (Å²) < 4.78 is 0. The molecule has 0 unspecified atom stereocenters. The van der Waals surface area contributed by atoms with Crippen molar-refractivity contribution in [3.8, 4) is 5.75 Å². The molecule has 0 aliphatic rings. The summed E-state index contributed by atoms with van der Waals surface area (Å²) in [5, 5.41) is 21.4. The molecule has 0 spiro atoms. The molecular formula is C21H28O3. The zero-order chi connectivity index (χ0) is 17.4. The molecule has 0 bridgehead atoms. The predicted molar refractivity (Wildman–Crippen MR) is 98.9 cm³/mol. The molecule has 2 N–H and O–H groups in total. The zero-order valence-electron chi connectivity index (χ0n) is 14.6. The second-order valence-electron chi connectivity index (χ2n) is 6.50. The predicted octanol–water partition coefficient (Wildman–Crippen LogP) is 5.93. The Labute approximate surface area is 144 Å². The van der Waals surface area contributed by atoms with Gasteiger partial charge in [-0.25, -0.2) is 4.79 Å². The van der Waals surface area contributed by atoms with Crippen molar-refractivity contribution >= 4 is 16.7 Å². The van der Waals surface area contributed by atoms with Gasteiger partial charge >= 0.3 is 5.97 Å². The van der Waals surface area contributed by atoms with Crippen molar-refractivity contribution in [2.75, 3.05) is 0 Å². The number of carbonyl (C=O) groups is 1. The molecule has 2 aromatic carbocycles. The van der Waals surface area contributed by atoms with Crippen molar-refractivity contribution < 1.29 is 15.0 Å². The fourth-order valence-corrected chi connectivity index (χ4v) is 3.34. The molecule has 0 radical (unpaired) electrons. The molecule has 0 amide bonds. The minimum atomic E-state index is -1.05. The van der Waals surface area contributed by atoms with Crippen molar-refractivity contribution in [2.24, 2.45) is 0 Å². The zero-order valence-corrected chi connectivity index (χ0v) is 14.6. The first-order chi connectivity index (χ1) is 11.6. The van der Waals surface area contributed by atoms with E-state index >= 15 is 0 Å². The van der Waals surface area contributed by atoms with Gasteiger partial charge in [-0.05, 0) is 35.2 Å². The molecule has 0 heterocycles. The van der Waals surface area contributed by atoms with Crippen molar-refractivity contribution in [1.29, 1.82) is 0 Å². The van der Waals surface area contributed by atoms with E-state index in [1.807, 2.05) is 24.3 Å². The summed E-state index contributed by atoms with van der Waals surface area (Å²) in [7, 11) is 0. The summed E-state index contributed by atoms with van der Waals surface area (Å²) in [5.41, 5.74) is 0.834. The molecule has 2 rings (SSSR count). The van der Waals surface area contributed by atoms with E-state index in [9.17, 15) is 15.0 Å². The number of carboxylic acid groups (broad SMARTS) is 1. The normalized spacial score (nSPS) is 11.0. The number of unbranched alkanes of at least 4 members (excludes halogenated alkanes) is 7. The Bertz CT molecular complexity index is 676. The topological polar surface area (TPSA) is 57.5 Å². The van der Waals surface area contributed by atoms with E-state index in [2.05, 4.69) is 6.92 Å². The fourth-order valence-electron chi connectivity index (χ4n) is 3.34. The third-order valence-electron chi connectivity index (χ3n) is 4.63. The third kappa shape index (κ3) is 4.73. The number of hydrogen-bond donors (Lipinski definition) is 2. The second-order valence-corrected chi connectivity index (χ2v) is 6.50. The highest BCUT2D eigenvalue weighted by Gasteiger charge is 2.18. The van der Waals surface area contributed by atoms with E-state index in [-0.39, 0.29) is 11.3 Å². The van der Waals surface area contributed by atoms with Crippen LogP contribution in [0.1, 0.15) is 74.2 Å². The van der Waals surface area contributed by atoms with E-state index in [1.54, 1.807) is 6.07 Å². The van der Waals surface area contributed by atoms with Crippen LogP contribution in [0.3, 0.4) is 0 Å². The summed E-state index contributed by atoms with van der Waals surface area (Å²) in [5.74, 6) is -1.18. The number of aromatic carboxylic acids is 1. The molecule has 130 valence electrons. The van der Waals surface area contributed by atoms with Crippen LogP contribution in [-0.2, 0) is 6.42 Å². The Balaban J connectivity index is 2.02. The maximum atomic E-state index is 11.6. The van der Waals surface area contributed by atoms with Crippen LogP contribution in [0.2, 0.25) is 0 Å². The van der Waals surface area contributed by atoms with Gasteiger partial charge in [0, 0.05) is 0 Å². The van der Waals surface area contributed by atoms with Gasteiger partial charge in [0.05, 0.1) is 0 Å². The summed E-state index contributed by atoms with van der Waals surface area (Å²) in [4.78, 5) is 11.6. The van der Waals surface area contributed by atoms with Crippen LogP contribution in [0.15, 0.2) is 30.3 Å². The molecule has 0 aromatic heterocycles. The number of carboxylic acids is 1. The van der Waals surface area contributed by atoms with Gasteiger partial charge in [0.2, 0.25) is 0 Å². The van der Waals surface area contributed by atoms with E-state index < -0.39 is 5.97 Å². The second kappa shape index (κ2) is 9.31. The Morgan fingerprint density at radius 2 is 1.58 bits per heavy atom. The van der Waals surface area contributed by atoms with Gasteiger partial charge in [0.1, 0.15) is 11.3 Å². The van der Waals surface area contributed by atoms with Crippen molar-refractivity contribution in [3.05, 3.63) is 41.5 Å². The molecule has 2 aromatic rings. The van der Waals surface area contributed by atoms with Crippen molar-refractivity contribution in [1.82, 2.24) is 0 Å². The molecule has 24 heavy (non-hydrogen) atoms. The Hall–Kier alpha value is -2.03. The number of benzene rings is 2. The van der Waals surface area contributed by atoms with Crippen molar-refractivity contribution in [3.63, 3.8) is 0 Å². The average Bonchev–Trinajstić information content (AvgIpc) is 2.56. The molecule has 3 heteroatoms. The lowest BCUT2D eigenvalue weighted by Crippen LogP contribution is -2.04. The van der Waals surface area contributed by atoms with Crippen LogP contribution < -0.4 is 0 Å². The maximum absolute atomic E-state index is 11.6. The van der Waals surface area contributed by atoms with E-state index in [0.29, 0.717) is 6.42 Å². The lowest BCUT2D eigenvalue weighted by molar-refractivity contribution is 0.0692. The monoisotopic (exact) mass is 328 g/mol. The van der Waals surface area contributed by atoms with Crippen LogP contribution in [0.25, 0.3) is 10.8 Å². The van der Waals surface area contributed by atoms with Crippen LogP contribution >= 0.6 is 0 Å². The first-order valence-electron chi connectivity index (χ1n) is 9.12. The average molecular weight is 328 g/mol. The Morgan fingerprint density at radius 3 is 2.25 bits per heavy atom. The SMILES string of the molecule is CCCCCCCCCCc1c(C(=O)O)c(O)cc2ccccc12. The number of hydrogen-bond acceptors (Lipinski definition) is 2. The quantitative estimate of drug-likeness (QED) is 0.532. The van der Waals surface area contributed by atoms with Gasteiger partial charge in [-0.15, -0.1) is 0 Å². The number of rotatable bonds is 10. The summed E-state index contributed by atoms with van der Waals surface area (Å²) in [6, 6.07) is 9.24. The molecule has 0 fully saturated rings. The van der Waals surface area contributed by atoms with E-state index in [0.717, 1.165) is 29.2 Å². The lowest BCUT2D eigenvalue weighted by atomic mass is 9.93. The van der Waals surface area contributed by atoms with Gasteiger partial charge in [0.25, 0.3) is 0 Å². The number of fused-ring (bicyclic) bond motifs is 1. The minimum absolute atomic E-state index is 0.0663. The number of phenols is 1. The number of aryl methyl sites for hydroxylation is 1. The summed E-state index contributed by atoms with van der Waals surface area (Å²) >= 11 is 0. The first kappa shape index (κ1) is 18.3. The van der Waals surface area contributed by atoms with Gasteiger partial charge in [-0.1, -0.05) is 76.1 Å². The van der Waals surface area contributed by atoms with Crippen LogP contribution in [0.4, 0.5) is 0 Å². The van der Waals surface area contributed by atoms with E-state index in [4.69, 9.17) is 0 Å². The Kier molecular flexibility index (Phi) is 7.10. The van der Waals surface area contributed by atoms with Crippen LogP contribution in [0.5, 0.6) is 5.75 Å². The first-order valence-corrected chi connectivity index (χ1v) is 9.12. The number of aromatic hydroxyl groups is 1. The molecule has 0 aliphatic carbocycles. The summed E-state index contributed by atoms with van der Waals surface area (Å²) in [6.07, 6.45) is 10.4. The molecule has 3 nitrogen and oxygen atoms in total. The fraction of sp³-hybridized carbons (Fsp3) is 0.476. The smallest absolute Gasteiger partial charge is 0.339 e. The minimum Gasteiger partial charge on any atom is -0.507 e. The highest BCUT2D eigenvalue weighted by atomic mass is 16.4. The maximum Gasteiger partial charge on any atom is 0.339 e.